The van der Waals surface area contributed by atoms with Crippen LogP contribution in [-0.2, 0) is 22.9 Å². The first-order chi connectivity index (χ1) is 11.1. The molecule has 7 nitrogen and oxygen atoms in total. The molecule has 1 aliphatic carbocycles. The standard InChI is InChI=1S/C15H24N4O3S/c20-15(14-12-6-2-3-7-13(12)17-18-14)16-8-11-23(21,22)19-9-4-1-5-10-19/h1-11H2,(H,16,20)(H,17,18). The summed E-state index contributed by atoms with van der Waals surface area (Å²) >= 11 is 0. The highest BCUT2D eigenvalue weighted by molar-refractivity contribution is 7.89. The lowest BCUT2D eigenvalue weighted by Gasteiger charge is -2.25. The van der Waals surface area contributed by atoms with E-state index >= 15 is 0 Å². The van der Waals surface area contributed by atoms with Crippen molar-refractivity contribution in [3.8, 4) is 0 Å². The van der Waals surface area contributed by atoms with E-state index < -0.39 is 10.0 Å². The Hall–Kier alpha value is -1.41. The molecule has 0 aromatic carbocycles. The molecule has 1 amide bonds. The maximum atomic E-state index is 12.2. The highest BCUT2D eigenvalue weighted by atomic mass is 32.2. The Kier molecular flexibility index (Phi) is 5.01. The summed E-state index contributed by atoms with van der Waals surface area (Å²) in [6, 6.07) is 0. The molecule has 0 spiro atoms. The Balaban J connectivity index is 1.54. The number of piperidine rings is 1. The Morgan fingerprint density at radius 2 is 1.87 bits per heavy atom. The van der Waals surface area contributed by atoms with Crippen LogP contribution in [0.4, 0.5) is 0 Å². The maximum Gasteiger partial charge on any atom is 0.272 e. The third-order valence-electron chi connectivity index (χ3n) is 4.63. The van der Waals surface area contributed by atoms with Gasteiger partial charge in [0.05, 0.1) is 5.75 Å². The SMILES string of the molecule is O=C(NCCS(=O)(=O)N1CCCCC1)c1n[nH]c2c1CCCC2. The van der Waals surface area contributed by atoms with E-state index in [2.05, 4.69) is 15.5 Å². The summed E-state index contributed by atoms with van der Waals surface area (Å²) in [6.07, 6.45) is 6.91. The van der Waals surface area contributed by atoms with Gasteiger partial charge >= 0.3 is 0 Å². The highest BCUT2D eigenvalue weighted by Gasteiger charge is 2.25. The summed E-state index contributed by atoms with van der Waals surface area (Å²) in [5, 5.41) is 9.74. The second-order valence-electron chi connectivity index (χ2n) is 6.27. The average Bonchev–Trinajstić information content (AvgIpc) is 2.99. The van der Waals surface area contributed by atoms with Gasteiger partial charge in [-0.3, -0.25) is 9.89 Å². The number of carbonyl (C=O) groups excluding carboxylic acids is 1. The number of aromatic nitrogens is 2. The zero-order chi connectivity index (χ0) is 16.3. The lowest BCUT2D eigenvalue weighted by atomic mass is 9.96. The van der Waals surface area contributed by atoms with Crippen LogP contribution in [-0.4, -0.2) is 54.2 Å². The molecule has 1 saturated heterocycles. The molecule has 1 aliphatic heterocycles. The number of aromatic amines is 1. The predicted octanol–water partition coefficient (Wildman–Crippen LogP) is 0.834. The van der Waals surface area contributed by atoms with Gasteiger partial charge in [0, 0.05) is 30.9 Å². The number of nitrogens with one attached hydrogen (secondary N) is 2. The zero-order valence-electron chi connectivity index (χ0n) is 13.3. The summed E-state index contributed by atoms with van der Waals surface area (Å²) < 4.78 is 26.0. The van der Waals surface area contributed by atoms with Gasteiger partial charge in [-0.25, -0.2) is 12.7 Å². The second kappa shape index (κ2) is 7.00. The number of amides is 1. The number of hydrogen-bond acceptors (Lipinski definition) is 4. The van der Waals surface area contributed by atoms with Crippen LogP contribution in [0.3, 0.4) is 0 Å². The molecule has 2 aliphatic rings. The van der Waals surface area contributed by atoms with Crippen molar-refractivity contribution in [3.63, 3.8) is 0 Å². The maximum absolute atomic E-state index is 12.2. The van der Waals surface area contributed by atoms with Gasteiger partial charge in [0.1, 0.15) is 0 Å². The van der Waals surface area contributed by atoms with Crippen molar-refractivity contribution >= 4 is 15.9 Å². The largest absolute Gasteiger partial charge is 0.350 e. The van der Waals surface area contributed by atoms with Crippen LogP contribution in [0.15, 0.2) is 0 Å². The monoisotopic (exact) mass is 340 g/mol. The molecule has 1 aromatic heterocycles. The second-order valence-corrected chi connectivity index (χ2v) is 8.36. The lowest BCUT2D eigenvalue weighted by Crippen LogP contribution is -2.40. The quantitative estimate of drug-likeness (QED) is 0.830. The van der Waals surface area contributed by atoms with Gasteiger partial charge in [-0.05, 0) is 38.5 Å². The van der Waals surface area contributed by atoms with E-state index in [1.54, 1.807) is 4.31 Å². The third-order valence-corrected chi connectivity index (χ3v) is 6.50. The fourth-order valence-corrected chi connectivity index (χ4v) is 4.75. The normalized spacial score (nSPS) is 19.3. The van der Waals surface area contributed by atoms with Crippen LogP contribution >= 0.6 is 0 Å². The summed E-state index contributed by atoms with van der Waals surface area (Å²) in [4.78, 5) is 12.2. The molecule has 2 N–H and O–H groups in total. The first-order valence-electron chi connectivity index (χ1n) is 8.40. The topological polar surface area (TPSA) is 95.2 Å². The molecule has 0 atom stereocenters. The van der Waals surface area contributed by atoms with E-state index in [0.717, 1.165) is 56.2 Å². The van der Waals surface area contributed by atoms with E-state index in [4.69, 9.17) is 0 Å². The summed E-state index contributed by atoms with van der Waals surface area (Å²) in [7, 11) is -3.27. The number of sulfonamides is 1. The van der Waals surface area contributed by atoms with Gasteiger partial charge in [0.25, 0.3) is 5.91 Å². The van der Waals surface area contributed by atoms with Crippen molar-refractivity contribution in [2.45, 2.75) is 44.9 Å². The van der Waals surface area contributed by atoms with Crippen molar-refractivity contribution < 1.29 is 13.2 Å². The van der Waals surface area contributed by atoms with Gasteiger partial charge < -0.3 is 5.32 Å². The minimum Gasteiger partial charge on any atom is -0.350 e. The minimum absolute atomic E-state index is 0.0502. The third kappa shape index (κ3) is 3.74. The van der Waals surface area contributed by atoms with Gasteiger partial charge in [0.15, 0.2) is 5.69 Å². The molecule has 1 aromatic rings. The van der Waals surface area contributed by atoms with E-state index in [-0.39, 0.29) is 18.2 Å². The lowest BCUT2D eigenvalue weighted by molar-refractivity contribution is 0.0950. The smallest absolute Gasteiger partial charge is 0.272 e. The Bertz CT molecular complexity index is 662. The average molecular weight is 340 g/mol. The molecule has 2 heterocycles. The van der Waals surface area contributed by atoms with E-state index in [1.165, 1.54) is 0 Å². The van der Waals surface area contributed by atoms with Crippen molar-refractivity contribution in [2.24, 2.45) is 0 Å². The van der Waals surface area contributed by atoms with Crippen molar-refractivity contribution in [2.75, 3.05) is 25.4 Å². The van der Waals surface area contributed by atoms with E-state index in [0.29, 0.717) is 18.8 Å². The van der Waals surface area contributed by atoms with Crippen LogP contribution in [0.25, 0.3) is 0 Å². The van der Waals surface area contributed by atoms with Crippen LogP contribution in [0.2, 0.25) is 0 Å². The zero-order valence-corrected chi connectivity index (χ0v) is 14.1. The molecular formula is C15H24N4O3S. The van der Waals surface area contributed by atoms with Crippen molar-refractivity contribution in [3.05, 3.63) is 17.0 Å². The minimum atomic E-state index is -3.27. The molecule has 3 rings (SSSR count). The molecule has 0 radical (unpaired) electrons. The number of carbonyl (C=O) groups is 1. The Morgan fingerprint density at radius 1 is 1.13 bits per heavy atom. The van der Waals surface area contributed by atoms with Crippen LogP contribution < -0.4 is 5.32 Å². The van der Waals surface area contributed by atoms with Gasteiger partial charge in [0.2, 0.25) is 10.0 Å². The summed E-state index contributed by atoms with van der Waals surface area (Å²) in [6.45, 7) is 1.33. The number of fused-ring (bicyclic) bond motifs is 1. The number of hydrogen-bond donors (Lipinski definition) is 2. The number of H-pyrrole nitrogens is 1. The van der Waals surface area contributed by atoms with Gasteiger partial charge in [-0.1, -0.05) is 6.42 Å². The molecular weight excluding hydrogens is 316 g/mol. The van der Waals surface area contributed by atoms with E-state index in [1.807, 2.05) is 0 Å². The number of aryl methyl sites for hydroxylation is 1. The Labute approximate surface area is 136 Å². The molecule has 23 heavy (non-hydrogen) atoms. The first-order valence-corrected chi connectivity index (χ1v) is 10.0. The van der Waals surface area contributed by atoms with Crippen LogP contribution in [0.1, 0.15) is 53.8 Å². The highest BCUT2D eigenvalue weighted by Crippen LogP contribution is 2.22. The number of rotatable bonds is 5. The number of nitrogens with zero attached hydrogens (tertiary/aromatic N) is 2. The first kappa shape index (κ1) is 16.4. The van der Waals surface area contributed by atoms with Crippen LogP contribution in [0.5, 0.6) is 0 Å². The fourth-order valence-electron chi connectivity index (χ4n) is 3.32. The van der Waals surface area contributed by atoms with Gasteiger partial charge in [-0.15, -0.1) is 0 Å². The molecule has 0 unspecified atom stereocenters. The molecule has 128 valence electrons. The summed E-state index contributed by atoms with van der Waals surface area (Å²) in [5.41, 5.74) is 2.46. The predicted molar refractivity (Wildman–Crippen MR) is 86.8 cm³/mol. The molecule has 0 saturated carbocycles. The van der Waals surface area contributed by atoms with E-state index in [9.17, 15) is 13.2 Å². The molecule has 8 heteroatoms. The molecule has 1 fully saturated rings. The summed E-state index contributed by atoms with van der Waals surface area (Å²) in [5.74, 6) is -0.330. The van der Waals surface area contributed by atoms with Crippen molar-refractivity contribution in [1.29, 1.82) is 0 Å². The molecule has 0 bridgehead atoms. The van der Waals surface area contributed by atoms with Crippen LogP contribution in [0, 0.1) is 0 Å². The fraction of sp³-hybridized carbons (Fsp3) is 0.733. The van der Waals surface area contributed by atoms with Crippen molar-refractivity contribution in [1.82, 2.24) is 19.8 Å². The Morgan fingerprint density at radius 3 is 2.65 bits per heavy atom. The van der Waals surface area contributed by atoms with Gasteiger partial charge in [-0.2, -0.15) is 5.10 Å².